The van der Waals surface area contributed by atoms with Gasteiger partial charge in [0.15, 0.2) is 0 Å². The van der Waals surface area contributed by atoms with Crippen molar-refractivity contribution in [2.75, 3.05) is 13.7 Å². The quantitative estimate of drug-likeness (QED) is 0.766. The molecule has 0 unspecified atom stereocenters. The van der Waals surface area contributed by atoms with Gasteiger partial charge in [-0.1, -0.05) is 6.07 Å². The third kappa shape index (κ3) is 3.51. The summed E-state index contributed by atoms with van der Waals surface area (Å²) in [4.78, 5) is 22.2. The molecule has 88 valence electrons. The molecular formula is C11H15NO4. The van der Waals surface area contributed by atoms with Crippen LogP contribution in [-0.2, 0) is 22.5 Å². The molecule has 1 heterocycles. The van der Waals surface area contributed by atoms with Crippen molar-refractivity contribution in [3.05, 3.63) is 34.2 Å². The predicted molar refractivity (Wildman–Crippen MR) is 58.5 cm³/mol. The zero-order chi connectivity index (χ0) is 12.0. The molecule has 1 N–H and O–H groups in total. The van der Waals surface area contributed by atoms with Gasteiger partial charge in [-0.15, -0.1) is 0 Å². The van der Waals surface area contributed by atoms with Gasteiger partial charge in [0, 0.05) is 31.8 Å². The molecule has 0 aliphatic heterocycles. The number of hydrogen-bond acceptors (Lipinski definition) is 3. The Labute approximate surface area is 93.3 Å². The van der Waals surface area contributed by atoms with E-state index < -0.39 is 5.97 Å². The van der Waals surface area contributed by atoms with Gasteiger partial charge in [-0.3, -0.25) is 9.59 Å². The van der Waals surface area contributed by atoms with E-state index in [2.05, 4.69) is 0 Å². The maximum atomic E-state index is 11.8. The molecule has 0 aliphatic rings. The van der Waals surface area contributed by atoms with Crippen molar-refractivity contribution in [2.45, 2.75) is 19.4 Å². The second kappa shape index (κ2) is 6.07. The van der Waals surface area contributed by atoms with Crippen molar-refractivity contribution < 1.29 is 14.6 Å². The van der Waals surface area contributed by atoms with Crippen molar-refractivity contribution >= 4 is 5.97 Å². The van der Waals surface area contributed by atoms with Crippen LogP contribution in [0.1, 0.15) is 12.0 Å². The van der Waals surface area contributed by atoms with Gasteiger partial charge in [0.05, 0.1) is 6.61 Å². The van der Waals surface area contributed by atoms with Crippen molar-refractivity contribution in [2.24, 2.45) is 0 Å². The van der Waals surface area contributed by atoms with Gasteiger partial charge in [-0.25, -0.2) is 0 Å². The summed E-state index contributed by atoms with van der Waals surface area (Å²) in [5, 5.41) is 8.55. The smallest absolute Gasteiger partial charge is 0.303 e. The van der Waals surface area contributed by atoms with Gasteiger partial charge in [0.25, 0.3) is 5.56 Å². The molecule has 0 amide bonds. The molecular weight excluding hydrogens is 210 g/mol. The van der Waals surface area contributed by atoms with Gasteiger partial charge < -0.3 is 14.4 Å². The molecule has 0 saturated carbocycles. The first-order valence-electron chi connectivity index (χ1n) is 5.04. The number of aryl methyl sites for hydroxylation is 1. The number of nitrogens with zero attached hydrogens (tertiary/aromatic N) is 1. The van der Waals surface area contributed by atoms with Crippen LogP contribution in [0.25, 0.3) is 0 Å². The number of methoxy groups -OCH3 is 1. The molecule has 16 heavy (non-hydrogen) atoms. The van der Waals surface area contributed by atoms with Crippen LogP contribution in [0.2, 0.25) is 0 Å². The molecule has 1 rings (SSSR count). The van der Waals surface area contributed by atoms with E-state index in [1.807, 2.05) is 0 Å². The van der Waals surface area contributed by atoms with Crippen LogP contribution >= 0.6 is 0 Å². The Balaban J connectivity index is 2.78. The largest absolute Gasteiger partial charge is 0.481 e. The molecule has 1 aromatic rings. The molecule has 5 nitrogen and oxygen atoms in total. The van der Waals surface area contributed by atoms with Crippen LogP contribution in [0, 0.1) is 0 Å². The highest BCUT2D eigenvalue weighted by atomic mass is 16.5. The first-order chi connectivity index (χ1) is 7.65. The summed E-state index contributed by atoms with van der Waals surface area (Å²) in [6.07, 6.45) is 1.91. The molecule has 0 bridgehead atoms. The second-order valence-corrected chi connectivity index (χ2v) is 3.42. The summed E-state index contributed by atoms with van der Waals surface area (Å²) in [5.74, 6) is -0.897. The molecule has 1 aromatic heterocycles. The summed E-state index contributed by atoms with van der Waals surface area (Å²) < 4.78 is 6.41. The molecule has 0 radical (unpaired) electrons. The summed E-state index contributed by atoms with van der Waals surface area (Å²) in [6, 6.07) is 3.41. The molecule has 0 aromatic carbocycles. The van der Waals surface area contributed by atoms with Crippen molar-refractivity contribution in [3.63, 3.8) is 0 Å². The van der Waals surface area contributed by atoms with E-state index in [1.165, 1.54) is 4.57 Å². The Bertz CT molecular complexity index is 411. The van der Waals surface area contributed by atoms with Crippen molar-refractivity contribution in [1.82, 2.24) is 4.57 Å². The SMILES string of the molecule is COCCn1cccc(CCC(=O)O)c1=O. The fraction of sp³-hybridized carbons (Fsp3) is 0.455. The summed E-state index contributed by atoms with van der Waals surface area (Å²) in [7, 11) is 1.57. The monoisotopic (exact) mass is 225 g/mol. The number of carbonyl (C=O) groups is 1. The first-order valence-corrected chi connectivity index (χ1v) is 5.04. The number of rotatable bonds is 6. The molecule has 0 spiro atoms. The van der Waals surface area contributed by atoms with E-state index in [1.54, 1.807) is 25.4 Å². The molecule has 0 fully saturated rings. The standard InChI is InChI=1S/C11H15NO4/c1-16-8-7-12-6-2-3-9(11(12)15)4-5-10(13)14/h2-3,6H,4-5,7-8H2,1H3,(H,13,14). The number of carboxylic acid groups (broad SMARTS) is 1. The van der Waals surface area contributed by atoms with Gasteiger partial charge in [0.1, 0.15) is 0 Å². The molecule has 0 aliphatic carbocycles. The van der Waals surface area contributed by atoms with Crippen LogP contribution in [-0.4, -0.2) is 29.4 Å². The van der Waals surface area contributed by atoms with E-state index in [-0.39, 0.29) is 18.4 Å². The molecule has 0 atom stereocenters. The fourth-order valence-electron chi connectivity index (χ4n) is 1.38. The zero-order valence-corrected chi connectivity index (χ0v) is 9.18. The number of aromatic nitrogens is 1. The van der Waals surface area contributed by atoms with Crippen LogP contribution in [0.5, 0.6) is 0 Å². The highest BCUT2D eigenvalue weighted by Gasteiger charge is 2.05. The Hall–Kier alpha value is -1.62. The fourth-order valence-corrected chi connectivity index (χ4v) is 1.38. The number of carboxylic acids is 1. The summed E-state index contributed by atoms with van der Waals surface area (Å²) >= 11 is 0. The van der Waals surface area contributed by atoms with Crippen molar-refractivity contribution in [1.29, 1.82) is 0 Å². The van der Waals surface area contributed by atoms with Crippen LogP contribution in [0.15, 0.2) is 23.1 Å². The molecule has 0 saturated heterocycles. The van der Waals surface area contributed by atoms with E-state index in [4.69, 9.17) is 9.84 Å². The minimum Gasteiger partial charge on any atom is -0.481 e. The number of aliphatic carboxylic acids is 1. The predicted octanol–water partition coefficient (Wildman–Crippen LogP) is 0.512. The lowest BCUT2D eigenvalue weighted by atomic mass is 10.1. The first kappa shape index (κ1) is 12.4. The van der Waals surface area contributed by atoms with Crippen LogP contribution in [0.4, 0.5) is 0 Å². The Morgan fingerprint density at radius 2 is 2.31 bits per heavy atom. The van der Waals surface area contributed by atoms with E-state index >= 15 is 0 Å². The van der Waals surface area contributed by atoms with E-state index in [0.29, 0.717) is 18.7 Å². The highest BCUT2D eigenvalue weighted by Crippen LogP contribution is 1.97. The lowest BCUT2D eigenvalue weighted by molar-refractivity contribution is -0.136. The van der Waals surface area contributed by atoms with E-state index in [9.17, 15) is 9.59 Å². The third-order valence-electron chi connectivity index (χ3n) is 2.24. The topological polar surface area (TPSA) is 68.5 Å². The van der Waals surface area contributed by atoms with Gasteiger partial charge in [0.2, 0.25) is 0 Å². The normalized spacial score (nSPS) is 10.3. The third-order valence-corrected chi connectivity index (χ3v) is 2.24. The minimum atomic E-state index is -0.897. The van der Waals surface area contributed by atoms with Crippen LogP contribution < -0.4 is 5.56 Å². The van der Waals surface area contributed by atoms with Gasteiger partial charge in [-0.05, 0) is 12.5 Å². The lowest BCUT2D eigenvalue weighted by Crippen LogP contribution is -2.25. The molecule has 5 heteroatoms. The zero-order valence-electron chi connectivity index (χ0n) is 9.18. The highest BCUT2D eigenvalue weighted by molar-refractivity contribution is 5.67. The van der Waals surface area contributed by atoms with Crippen molar-refractivity contribution in [3.8, 4) is 0 Å². The second-order valence-electron chi connectivity index (χ2n) is 3.42. The average molecular weight is 225 g/mol. The maximum Gasteiger partial charge on any atom is 0.303 e. The van der Waals surface area contributed by atoms with Gasteiger partial charge in [-0.2, -0.15) is 0 Å². The van der Waals surface area contributed by atoms with E-state index in [0.717, 1.165) is 0 Å². The average Bonchev–Trinajstić information content (AvgIpc) is 2.26. The Kier molecular flexibility index (Phi) is 4.72. The lowest BCUT2D eigenvalue weighted by Gasteiger charge is -2.06. The maximum absolute atomic E-state index is 11.8. The Morgan fingerprint density at radius 3 is 2.94 bits per heavy atom. The summed E-state index contributed by atoms with van der Waals surface area (Å²) in [6.45, 7) is 0.943. The summed E-state index contributed by atoms with van der Waals surface area (Å²) in [5.41, 5.74) is 0.391. The number of hydrogen-bond donors (Lipinski definition) is 1. The van der Waals surface area contributed by atoms with Gasteiger partial charge >= 0.3 is 5.97 Å². The minimum absolute atomic E-state index is 0.0243. The van der Waals surface area contributed by atoms with Crippen LogP contribution in [0.3, 0.4) is 0 Å². The number of pyridine rings is 1. The number of ether oxygens (including phenoxy) is 1. The Morgan fingerprint density at radius 1 is 1.56 bits per heavy atom.